The van der Waals surface area contributed by atoms with E-state index in [0.717, 1.165) is 12.0 Å². The molecule has 0 fully saturated rings. The molecular formula is C22H29NO4S. The van der Waals surface area contributed by atoms with Gasteiger partial charge in [-0.25, -0.2) is 8.42 Å². The molecule has 152 valence electrons. The molecule has 0 bridgehead atoms. The van der Waals surface area contributed by atoms with Crippen molar-refractivity contribution in [3.05, 3.63) is 47.0 Å². The molecule has 0 atom stereocenters. The molecule has 0 aliphatic carbocycles. The Morgan fingerprint density at radius 3 is 2.21 bits per heavy atom. The number of aryl methyl sites for hydroxylation is 2. The Kier molecular flexibility index (Phi) is 6.88. The fourth-order valence-electron chi connectivity index (χ4n) is 3.35. The Balaban J connectivity index is 2.52. The van der Waals surface area contributed by atoms with Crippen LogP contribution in [0.1, 0.15) is 56.2 Å². The third-order valence-electron chi connectivity index (χ3n) is 4.62. The van der Waals surface area contributed by atoms with E-state index >= 15 is 0 Å². The van der Waals surface area contributed by atoms with Crippen LogP contribution in [-0.2, 0) is 14.6 Å². The fourth-order valence-corrected chi connectivity index (χ4v) is 5.08. The van der Waals surface area contributed by atoms with Gasteiger partial charge in [0.2, 0.25) is 15.7 Å². The van der Waals surface area contributed by atoms with Gasteiger partial charge in [0.1, 0.15) is 5.75 Å². The van der Waals surface area contributed by atoms with Crippen LogP contribution in [0.25, 0.3) is 0 Å². The average molecular weight is 404 g/mol. The van der Waals surface area contributed by atoms with E-state index in [1.54, 1.807) is 51.3 Å². The summed E-state index contributed by atoms with van der Waals surface area (Å²) in [7, 11) is -2.13. The van der Waals surface area contributed by atoms with Gasteiger partial charge in [-0.3, -0.25) is 4.79 Å². The van der Waals surface area contributed by atoms with E-state index in [4.69, 9.17) is 4.74 Å². The molecule has 6 heteroatoms. The maximum atomic E-state index is 13.4. The van der Waals surface area contributed by atoms with Gasteiger partial charge in [0.25, 0.3) is 0 Å². The monoisotopic (exact) mass is 403 g/mol. The number of carbonyl (C=O) groups is 1. The van der Waals surface area contributed by atoms with Crippen LogP contribution in [0.2, 0.25) is 0 Å². The third kappa shape index (κ3) is 4.55. The summed E-state index contributed by atoms with van der Waals surface area (Å²) in [5.74, 6) is 0.730. The lowest BCUT2D eigenvalue weighted by atomic mass is 10.0. The summed E-state index contributed by atoms with van der Waals surface area (Å²) >= 11 is 0. The zero-order valence-electron chi connectivity index (χ0n) is 17.4. The fraction of sp³-hybridized carbons (Fsp3) is 0.409. The van der Waals surface area contributed by atoms with Crippen LogP contribution in [-0.4, -0.2) is 21.4 Å². The number of hydrogen-bond acceptors (Lipinski definition) is 4. The molecule has 0 aliphatic heterocycles. The van der Waals surface area contributed by atoms with Gasteiger partial charge in [-0.05, 0) is 73.2 Å². The number of benzene rings is 2. The molecule has 5 nitrogen and oxygen atoms in total. The lowest BCUT2D eigenvalue weighted by Gasteiger charge is -2.17. The predicted octanol–water partition coefficient (Wildman–Crippen LogP) is 5.01. The highest BCUT2D eigenvalue weighted by molar-refractivity contribution is 7.91. The van der Waals surface area contributed by atoms with Crippen molar-refractivity contribution in [1.82, 2.24) is 0 Å². The number of nitrogens with one attached hydrogen (secondary N) is 1. The first-order valence-electron chi connectivity index (χ1n) is 9.45. The van der Waals surface area contributed by atoms with Crippen molar-refractivity contribution in [3.8, 4) is 5.75 Å². The van der Waals surface area contributed by atoms with Crippen LogP contribution in [0, 0.1) is 13.8 Å². The average Bonchev–Trinajstić information content (AvgIpc) is 2.60. The second-order valence-corrected chi connectivity index (χ2v) is 9.19. The summed E-state index contributed by atoms with van der Waals surface area (Å²) in [5, 5.41) is 2.83. The second kappa shape index (κ2) is 8.78. The van der Waals surface area contributed by atoms with Gasteiger partial charge < -0.3 is 10.1 Å². The zero-order valence-corrected chi connectivity index (χ0v) is 18.2. The Hall–Kier alpha value is -2.34. The van der Waals surface area contributed by atoms with Crippen molar-refractivity contribution in [3.63, 3.8) is 0 Å². The molecule has 28 heavy (non-hydrogen) atoms. The van der Waals surface area contributed by atoms with E-state index in [1.807, 2.05) is 20.8 Å². The highest BCUT2D eigenvalue weighted by Gasteiger charge is 2.24. The van der Waals surface area contributed by atoms with E-state index in [2.05, 4.69) is 5.32 Å². The SMILES string of the molecule is CCCC(=O)Nc1cc(C)c(S(=O)(=O)c2ccc(OC)c(C(C)C)c2)c(C)c1. The summed E-state index contributed by atoms with van der Waals surface area (Å²) in [6, 6.07) is 8.39. The van der Waals surface area contributed by atoms with E-state index < -0.39 is 9.84 Å². The van der Waals surface area contributed by atoms with Gasteiger partial charge >= 0.3 is 0 Å². The molecular weight excluding hydrogens is 374 g/mol. The van der Waals surface area contributed by atoms with Gasteiger partial charge in [-0.1, -0.05) is 20.8 Å². The molecule has 1 N–H and O–H groups in total. The Bertz CT molecular complexity index is 955. The van der Waals surface area contributed by atoms with Crippen LogP contribution in [0.5, 0.6) is 5.75 Å². The smallest absolute Gasteiger partial charge is 0.224 e. The highest BCUT2D eigenvalue weighted by Crippen LogP contribution is 2.34. The summed E-state index contributed by atoms with van der Waals surface area (Å²) in [6.45, 7) is 9.44. The first-order chi connectivity index (χ1) is 13.1. The second-order valence-electron chi connectivity index (χ2n) is 7.30. The molecule has 0 saturated carbocycles. The molecule has 2 aromatic carbocycles. The quantitative estimate of drug-likeness (QED) is 0.705. The highest BCUT2D eigenvalue weighted by atomic mass is 32.2. The topological polar surface area (TPSA) is 72.5 Å². The number of hydrogen-bond donors (Lipinski definition) is 1. The van der Waals surface area contributed by atoms with Gasteiger partial charge in [-0.15, -0.1) is 0 Å². The van der Waals surface area contributed by atoms with Crippen molar-refractivity contribution in [2.75, 3.05) is 12.4 Å². The first-order valence-corrected chi connectivity index (χ1v) is 10.9. The minimum absolute atomic E-state index is 0.0753. The largest absolute Gasteiger partial charge is 0.496 e. The molecule has 1 amide bonds. The lowest BCUT2D eigenvalue weighted by molar-refractivity contribution is -0.116. The van der Waals surface area contributed by atoms with Crippen molar-refractivity contribution < 1.29 is 17.9 Å². The lowest BCUT2D eigenvalue weighted by Crippen LogP contribution is -2.13. The minimum atomic E-state index is -3.71. The van der Waals surface area contributed by atoms with E-state index in [0.29, 0.717) is 29.0 Å². The Labute approximate surface area is 168 Å². The minimum Gasteiger partial charge on any atom is -0.496 e. The van der Waals surface area contributed by atoms with E-state index in [9.17, 15) is 13.2 Å². The molecule has 0 aromatic heterocycles. The number of ether oxygens (including phenoxy) is 1. The molecule has 2 rings (SSSR count). The van der Waals surface area contributed by atoms with Crippen LogP contribution in [0.3, 0.4) is 0 Å². The van der Waals surface area contributed by atoms with Crippen molar-refractivity contribution in [2.45, 2.75) is 63.2 Å². The number of rotatable bonds is 7. The van der Waals surface area contributed by atoms with Crippen molar-refractivity contribution in [1.29, 1.82) is 0 Å². The predicted molar refractivity (Wildman–Crippen MR) is 112 cm³/mol. The molecule has 0 saturated heterocycles. The first kappa shape index (κ1) is 22.0. The van der Waals surface area contributed by atoms with Crippen LogP contribution < -0.4 is 10.1 Å². The number of sulfone groups is 1. The summed E-state index contributed by atoms with van der Waals surface area (Å²) in [5.41, 5.74) is 2.68. The summed E-state index contributed by atoms with van der Waals surface area (Å²) in [4.78, 5) is 12.4. The van der Waals surface area contributed by atoms with Crippen LogP contribution >= 0.6 is 0 Å². The number of carbonyl (C=O) groups excluding carboxylic acids is 1. The van der Waals surface area contributed by atoms with E-state index in [1.165, 1.54) is 0 Å². The molecule has 0 radical (unpaired) electrons. The normalized spacial score (nSPS) is 11.5. The Morgan fingerprint density at radius 2 is 1.71 bits per heavy atom. The Morgan fingerprint density at radius 1 is 1.11 bits per heavy atom. The molecule has 0 heterocycles. The van der Waals surface area contributed by atoms with Gasteiger partial charge in [-0.2, -0.15) is 0 Å². The molecule has 0 aliphatic rings. The molecule has 0 unspecified atom stereocenters. The molecule has 2 aromatic rings. The number of anilines is 1. The number of methoxy groups -OCH3 is 1. The standard InChI is InChI=1S/C22H29NO4S/c1-7-8-21(24)23-17-11-15(4)22(16(5)12-17)28(25,26)18-9-10-20(27-6)19(13-18)14(2)3/h9-14H,7-8H2,1-6H3,(H,23,24). The van der Waals surface area contributed by atoms with Gasteiger partial charge in [0, 0.05) is 12.1 Å². The molecule has 0 spiro atoms. The van der Waals surface area contributed by atoms with Gasteiger partial charge in [0.15, 0.2) is 0 Å². The maximum absolute atomic E-state index is 13.4. The zero-order chi connectivity index (χ0) is 21.1. The number of amides is 1. The van der Waals surface area contributed by atoms with Crippen molar-refractivity contribution >= 4 is 21.4 Å². The summed E-state index contributed by atoms with van der Waals surface area (Å²) < 4.78 is 32.1. The summed E-state index contributed by atoms with van der Waals surface area (Å²) in [6.07, 6.45) is 1.19. The van der Waals surface area contributed by atoms with Gasteiger partial charge in [0.05, 0.1) is 16.9 Å². The van der Waals surface area contributed by atoms with Crippen molar-refractivity contribution in [2.24, 2.45) is 0 Å². The van der Waals surface area contributed by atoms with Crippen LogP contribution in [0.15, 0.2) is 40.1 Å². The van der Waals surface area contributed by atoms with Crippen LogP contribution in [0.4, 0.5) is 5.69 Å². The van der Waals surface area contributed by atoms with E-state index in [-0.39, 0.29) is 21.6 Å². The maximum Gasteiger partial charge on any atom is 0.224 e. The third-order valence-corrected chi connectivity index (χ3v) is 6.68.